The third-order valence-corrected chi connectivity index (χ3v) is 11.2. The highest BCUT2D eigenvalue weighted by atomic mass is 16.3. The van der Waals surface area contributed by atoms with Crippen molar-refractivity contribution in [3.8, 4) is 0 Å². The van der Waals surface area contributed by atoms with Crippen LogP contribution >= 0.6 is 0 Å². The van der Waals surface area contributed by atoms with Gasteiger partial charge in [0.2, 0.25) is 5.91 Å². The Morgan fingerprint density at radius 2 is 0.667 bits per heavy atom. The van der Waals surface area contributed by atoms with Crippen molar-refractivity contribution in [1.29, 1.82) is 0 Å². The number of amides is 1. The average Bonchev–Trinajstić information content (AvgIpc) is 3.12. The molecule has 0 spiro atoms. The topological polar surface area (TPSA) is 89.8 Å². The number of hydrogen-bond acceptors (Lipinski definition) is 4. The Hall–Kier alpha value is -0.650. The van der Waals surface area contributed by atoms with Crippen molar-refractivity contribution in [2.75, 3.05) is 6.61 Å². The van der Waals surface area contributed by atoms with Crippen LogP contribution in [-0.2, 0) is 4.79 Å². The SMILES string of the molecule is CCCCCCCCCCCCCCCCCCCCCCCCC(O)CC(=O)NC(CO)C(O)CCCCCCCCCCCCCCCC. The maximum atomic E-state index is 12.5. The minimum absolute atomic E-state index is 0.0430. The maximum Gasteiger partial charge on any atom is 0.222 e. The zero-order valence-electron chi connectivity index (χ0n) is 34.8. The van der Waals surface area contributed by atoms with E-state index in [0.717, 1.165) is 25.7 Å². The normalized spacial score (nSPS) is 13.4. The molecule has 51 heavy (non-hydrogen) atoms. The minimum atomic E-state index is -0.743. The Bertz CT molecular complexity index is 674. The van der Waals surface area contributed by atoms with Gasteiger partial charge >= 0.3 is 0 Å². The minimum Gasteiger partial charge on any atom is -0.394 e. The molecule has 0 radical (unpaired) electrons. The zero-order chi connectivity index (χ0) is 37.3. The molecule has 0 aliphatic rings. The van der Waals surface area contributed by atoms with Crippen molar-refractivity contribution in [2.24, 2.45) is 0 Å². The van der Waals surface area contributed by atoms with Gasteiger partial charge in [-0.1, -0.05) is 245 Å². The van der Waals surface area contributed by atoms with E-state index in [9.17, 15) is 20.1 Å². The molecule has 0 rings (SSSR count). The smallest absolute Gasteiger partial charge is 0.222 e. The van der Waals surface area contributed by atoms with Crippen LogP contribution in [0.1, 0.15) is 264 Å². The number of rotatable bonds is 43. The van der Waals surface area contributed by atoms with E-state index in [4.69, 9.17) is 0 Å². The van der Waals surface area contributed by atoms with E-state index in [1.54, 1.807) is 0 Å². The van der Waals surface area contributed by atoms with Gasteiger partial charge in [0, 0.05) is 0 Å². The monoisotopic (exact) mass is 724 g/mol. The molecule has 0 saturated heterocycles. The average molecular weight is 724 g/mol. The number of aliphatic hydroxyl groups is 3. The van der Waals surface area contributed by atoms with Crippen LogP contribution in [0.25, 0.3) is 0 Å². The van der Waals surface area contributed by atoms with Crippen molar-refractivity contribution < 1.29 is 20.1 Å². The van der Waals surface area contributed by atoms with Gasteiger partial charge in [0.25, 0.3) is 0 Å². The van der Waals surface area contributed by atoms with E-state index >= 15 is 0 Å². The fraction of sp³-hybridized carbons (Fsp3) is 0.978. The van der Waals surface area contributed by atoms with Crippen molar-refractivity contribution in [2.45, 2.75) is 283 Å². The number of hydrogen-bond donors (Lipinski definition) is 4. The van der Waals surface area contributed by atoms with Crippen LogP contribution in [0.4, 0.5) is 0 Å². The van der Waals surface area contributed by atoms with E-state index < -0.39 is 18.2 Å². The highest BCUT2D eigenvalue weighted by molar-refractivity contribution is 5.76. The molecule has 3 unspecified atom stereocenters. The van der Waals surface area contributed by atoms with Gasteiger partial charge < -0.3 is 20.6 Å². The second kappa shape index (κ2) is 42.1. The van der Waals surface area contributed by atoms with Crippen molar-refractivity contribution in [3.63, 3.8) is 0 Å². The van der Waals surface area contributed by atoms with Gasteiger partial charge in [-0.3, -0.25) is 4.79 Å². The summed E-state index contributed by atoms with van der Waals surface area (Å²) in [5.74, 6) is -0.277. The van der Waals surface area contributed by atoms with Gasteiger partial charge in [-0.25, -0.2) is 0 Å². The quantitative estimate of drug-likeness (QED) is 0.0472. The summed E-state index contributed by atoms with van der Waals surface area (Å²) >= 11 is 0. The summed E-state index contributed by atoms with van der Waals surface area (Å²) in [5, 5.41) is 33.4. The van der Waals surface area contributed by atoms with Crippen LogP contribution in [0.5, 0.6) is 0 Å². The van der Waals surface area contributed by atoms with Crippen LogP contribution in [0.2, 0.25) is 0 Å². The Morgan fingerprint density at radius 1 is 0.412 bits per heavy atom. The van der Waals surface area contributed by atoms with Gasteiger partial charge in [-0.15, -0.1) is 0 Å². The van der Waals surface area contributed by atoms with Crippen molar-refractivity contribution >= 4 is 5.91 Å². The van der Waals surface area contributed by atoms with E-state index in [0.29, 0.717) is 12.8 Å². The third-order valence-electron chi connectivity index (χ3n) is 11.2. The highest BCUT2D eigenvalue weighted by Gasteiger charge is 2.21. The molecule has 306 valence electrons. The predicted molar refractivity (Wildman–Crippen MR) is 222 cm³/mol. The molecule has 3 atom stereocenters. The molecular weight excluding hydrogens is 631 g/mol. The van der Waals surface area contributed by atoms with Crippen LogP contribution < -0.4 is 5.32 Å². The van der Waals surface area contributed by atoms with E-state index in [1.807, 2.05) is 0 Å². The number of aliphatic hydroxyl groups excluding tert-OH is 3. The lowest BCUT2D eigenvalue weighted by Crippen LogP contribution is -2.46. The van der Waals surface area contributed by atoms with Gasteiger partial charge in [0.05, 0.1) is 31.3 Å². The summed E-state index contributed by atoms with van der Waals surface area (Å²) in [6.07, 6.45) is 47.9. The van der Waals surface area contributed by atoms with Gasteiger partial charge in [-0.05, 0) is 12.8 Å². The Kier molecular flexibility index (Phi) is 41.6. The van der Waals surface area contributed by atoms with Crippen LogP contribution in [0.15, 0.2) is 0 Å². The molecule has 5 heteroatoms. The summed E-state index contributed by atoms with van der Waals surface area (Å²) in [4.78, 5) is 12.5. The number of unbranched alkanes of at least 4 members (excludes halogenated alkanes) is 34. The number of carbonyl (C=O) groups is 1. The predicted octanol–water partition coefficient (Wildman–Crippen LogP) is 13.4. The summed E-state index contributed by atoms with van der Waals surface area (Å²) in [7, 11) is 0. The van der Waals surface area contributed by atoms with Gasteiger partial charge in [0.15, 0.2) is 0 Å². The molecule has 1 amide bonds. The molecule has 0 bridgehead atoms. The number of carbonyl (C=O) groups excluding carboxylic acids is 1. The summed E-state index contributed by atoms with van der Waals surface area (Å²) in [6.45, 7) is 4.28. The lowest BCUT2D eigenvalue weighted by molar-refractivity contribution is -0.125. The maximum absolute atomic E-state index is 12.5. The van der Waals surface area contributed by atoms with Crippen LogP contribution in [0, 0.1) is 0 Å². The molecule has 5 nitrogen and oxygen atoms in total. The first-order chi connectivity index (χ1) is 25.0. The molecule has 0 aliphatic heterocycles. The van der Waals surface area contributed by atoms with Gasteiger partial charge in [-0.2, -0.15) is 0 Å². The second-order valence-corrected chi connectivity index (χ2v) is 16.4. The van der Waals surface area contributed by atoms with Crippen molar-refractivity contribution in [3.05, 3.63) is 0 Å². The lowest BCUT2D eigenvalue weighted by atomic mass is 10.0. The Morgan fingerprint density at radius 3 is 0.941 bits per heavy atom. The third kappa shape index (κ3) is 38.9. The Balaban J connectivity index is 3.53. The molecule has 0 fully saturated rings. The van der Waals surface area contributed by atoms with E-state index in [1.165, 1.54) is 205 Å². The molecule has 0 aliphatic carbocycles. The summed E-state index contributed by atoms with van der Waals surface area (Å²) < 4.78 is 0. The van der Waals surface area contributed by atoms with E-state index in [2.05, 4.69) is 19.2 Å². The van der Waals surface area contributed by atoms with Crippen LogP contribution in [-0.4, -0.2) is 46.1 Å². The fourth-order valence-corrected chi connectivity index (χ4v) is 7.58. The first-order valence-corrected chi connectivity index (χ1v) is 23.3. The molecule has 0 saturated carbocycles. The molecular formula is C46H93NO4. The zero-order valence-corrected chi connectivity index (χ0v) is 34.8. The summed E-state index contributed by atoms with van der Waals surface area (Å²) in [6, 6.07) is -0.652. The Labute approximate surface area is 319 Å². The molecule has 0 aromatic rings. The first kappa shape index (κ1) is 50.4. The summed E-state index contributed by atoms with van der Waals surface area (Å²) in [5.41, 5.74) is 0. The standard InChI is InChI=1S/C46H93NO4/c1-3-5-7-9-11-13-15-17-19-20-21-22-23-24-25-26-27-29-31-33-35-37-39-43(49)41-46(51)47-44(42-48)45(50)40-38-36-34-32-30-28-18-16-14-12-10-8-6-4-2/h43-45,48-50H,3-42H2,1-2H3,(H,47,51). The largest absolute Gasteiger partial charge is 0.394 e. The first-order valence-electron chi connectivity index (χ1n) is 23.3. The molecule has 4 N–H and O–H groups in total. The molecule has 0 aromatic heterocycles. The van der Waals surface area contributed by atoms with E-state index in [-0.39, 0.29) is 18.9 Å². The number of nitrogens with one attached hydrogen (secondary N) is 1. The second-order valence-electron chi connectivity index (χ2n) is 16.4. The van der Waals surface area contributed by atoms with Crippen molar-refractivity contribution in [1.82, 2.24) is 5.32 Å². The fourth-order valence-electron chi connectivity index (χ4n) is 7.58. The lowest BCUT2D eigenvalue weighted by Gasteiger charge is -2.23. The van der Waals surface area contributed by atoms with Gasteiger partial charge in [0.1, 0.15) is 0 Å². The molecule has 0 heterocycles. The molecule has 0 aromatic carbocycles. The van der Waals surface area contributed by atoms with Crippen LogP contribution in [0.3, 0.4) is 0 Å². The highest BCUT2D eigenvalue weighted by Crippen LogP contribution is 2.17.